The summed E-state index contributed by atoms with van der Waals surface area (Å²) in [6, 6.07) is 21.6. The van der Waals surface area contributed by atoms with Crippen LogP contribution < -0.4 is 10.4 Å². The van der Waals surface area contributed by atoms with E-state index in [0.29, 0.717) is 6.61 Å². The van der Waals surface area contributed by atoms with E-state index in [1.54, 1.807) is 0 Å². The van der Waals surface area contributed by atoms with E-state index >= 15 is 0 Å². The molecule has 0 saturated carbocycles. The summed E-state index contributed by atoms with van der Waals surface area (Å²) < 4.78 is 10.2. The normalized spacial score (nSPS) is 12.4. The summed E-state index contributed by atoms with van der Waals surface area (Å²) in [5.41, 5.74) is 2.35. The fourth-order valence-corrected chi connectivity index (χ4v) is 9.26. The minimum atomic E-state index is -2.46. The molecule has 0 atom stereocenters. The first kappa shape index (κ1) is 21.3. The van der Waals surface area contributed by atoms with Crippen LogP contribution in [0.4, 0.5) is 0 Å². The zero-order valence-electron chi connectivity index (χ0n) is 17.4. The van der Waals surface area contributed by atoms with E-state index in [1.807, 2.05) is 0 Å². The smallest absolute Gasteiger partial charge is 0.261 e. The molecule has 3 aromatic rings. The number of aromatic nitrogens is 2. The van der Waals surface area contributed by atoms with Gasteiger partial charge in [0.05, 0.1) is 5.69 Å². The number of aryl methyl sites for hydroxylation is 1. The highest BCUT2D eigenvalue weighted by atomic mass is 127. The van der Waals surface area contributed by atoms with Crippen LogP contribution in [0.25, 0.3) is 0 Å². The van der Waals surface area contributed by atoms with Gasteiger partial charge < -0.3 is 8.99 Å². The summed E-state index contributed by atoms with van der Waals surface area (Å²) in [6.45, 7) is 9.72. The molecule has 1 heterocycles. The van der Waals surface area contributed by atoms with Crippen LogP contribution in [0.5, 0.6) is 0 Å². The van der Waals surface area contributed by atoms with Gasteiger partial charge in [-0.2, -0.15) is 0 Å². The van der Waals surface area contributed by atoms with Crippen molar-refractivity contribution in [3.63, 3.8) is 0 Å². The molecule has 3 nitrogen and oxygen atoms in total. The first-order valence-corrected chi connectivity index (χ1v) is 12.7. The quantitative estimate of drug-likeness (QED) is 0.367. The third-order valence-corrected chi connectivity index (χ3v) is 11.4. The van der Waals surface area contributed by atoms with Gasteiger partial charge in [0.25, 0.3) is 8.32 Å². The average molecular weight is 504 g/mol. The summed E-state index contributed by atoms with van der Waals surface area (Å²) in [4.78, 5) is 4.60. The molecule has 0 unspecified atom stereocenters. The maximum Gasteiger partial charge on any atom is 0.261 e. The molecule has 1 aromatic heterocycles. The molecule has 2 aromatic carbocycles. The van der Waals surface area contributed by atoms with Gasteiger partial charge in [0, 0.05) is 25.8 Å². The molecule has 5 heteroatoms. The first-order chi connectivity index (χ1) is 13.3. The van der Waals surface area contributed by atoms with Crippen molar-refractivity contribution in [3.05, 3.63) is 75.9 Å². The number of hydrogen-bond acceptors (Lipinski definition) is 2. The summed E-state index contributed by atoms with van der Waals surface area (Å²) in [5, 5.41) is 2.65. The average Bonchev–Trinajstić information content (AvgIpc) is 2.91. The summed E-state index contributed by atoms with van der Waals surface area (Å²) >= 11 is 2.29. The highest BCUT2D eigenvalue weighted by molar-refractivity contribution is 14.1. The molecule has 0 saturated heterocycles. The lowest BCUT2D eigenvalue weighted by atomic mass is 10.2. The monoisotopic (exact) mass is 504 g/mol. The van der Waals surface area contributed by atoms with Crippen LogP contribution in [-0.4, -0.2) is 24.5 Å². The van der Waals surface area contributed by atoms with Crippen molar-refractivity contribution < 1.29 is 4.43 Å². The zero-order valence-corrected chi connectivity index (χ0v) is 20.5. The van der Waals surface area contributed by atoms with Crippen LogP contribution in [0.2, 0.25) is 5.04 Å². The second-order valence-corrected chi connectivity index (χ2v) is 13.5. The molecular formula is C23H29IN2OSi. The highest BCUT2D eigenvalue weighted by Gasteiger charge is 2.50. The Balaban J connectivity index is 2.01. The van der Waals surface area contributed by atoms with Gasteiger partial charge in [-0.1, -0.05) is 81.4 Å². The van der Waals surface area contributed by atoms with E-state index in [4.69, 9.17) is 4.43 Å². The van der Waals surface area contributed by atoms with Crippen molar-refractivity contribution in [2.75, 3.05) is 6.61 Å². The van der Waals surface area contributed by atoms with Gasteiger partial charge in [-0.15, -0.1) is 0 Å². The molecule has 0 amide bonds. The van der Waals surface area contributed by atoms with Gasteiger partial charge in [-0.3, -0.25) is 0 Å². The molecular weight excluding hydrogens is 475 g/mol. The van der Waals surface area contributed by atoms with Crippen LogP contribution >= 0.6 is 22.6 Å². The molecule has 0 radical (unpaired) electrons. The lowest BCUT2D eigenvalue weighted by molar-refractivity contribution is 0.299. The minimum Gasteiger partial charge on any atom is -0.407 e. The van der Waals surface area contributed by atoms with Gasteiger partial charge in [-0.05, 0) is 44.9 Å². The predicted molar refractivity (Wildman–Crippen MR) is 128 cm³/mol. The molecule has 0 spiro atoms. The Morgan fingerprint density at radius 3 is 1.86 bits per heavy atom. The topological polar surface area (TPSA) is 27.1 Å². The van der Waals surface area contributed by atoms with Crippen LogP contribution in [0.3, 0.4) is 0 Å². The van der Waals surface area contributed by atoms with Gasteiger partial charge in [0.1, 0.15) is 0 Å². The van der Waals surface area contributed by atoms with E-state index < -0.39 is 8.32 Å². The van der Waals surface area contributed by atoms with Crippen LogP contribution in [0, 0.1) is 10.8 Å². The van der Waals surface area contributed by atoms with E-state index in [9.17, 15) is 0 Å². The van der Waals surface area contributed by atoms with Gasteiger partial charge in [-0.25, -0.2) is 4.98 Å². The molecule has 0 aliphatic carbocycles. The van der Waals surface area contributed by atoms with Gasteiger partial charge >= 0.3 is 0 Å². The Hall–Kier alpha value is -1.44. The molecule has 28 heavy (non-hydrogen) atoms. The fraction of sp³-hybridized carbons (Fsp3) is 0.348. The van der Waals surface area contributed by atoms with E-state index in [0.717, 1.165) is 15.9 Å². The van der Waals surface area contributed by atoms with E-state index in [-0.39, 0.29) is 5.04 Å². The number of benzene rings is 2. The number of nitrogens with zero attached hydrogens (tertiary/aromatic N) is 2. The lowest BCUT2D eigenvalue weighted by Crippen LogP contribution is -2.66. The summed E-state index contributed by atoms with van der Waals surface area (Å²) in [7, 11) is -0.379. The first-order valence-electron chi connectivity index (χ1n) is 9.70. The Kier molecular flexibility index (Phi) is 6.46. The third kappa shape index (κ3) is 3.97. The number of imidazole rings is 1. The van der Waals surface area contributed by atoms with Crippen molar-refractivity contribution in [3.8, 4) is 0 Å². The second-order valence-electron chi connectivity index (χ2n) is 8.23. The van der Waals surface area contributed by atoms with Crippen molar-refractivity contribution >= 4 is 41.3 Å². The van der Waals surface area contributed by atoms with Crippen LogP contribution in [0.1, 0.15) is 32.2 Å². The largest absolute Gasteiger partial charge is 0.407 e. The standard InChI is InChI=1S/C23H29IN2OSi/c1-18-21(26(5)22(24)25-18)16-17-27-28(23(2,3)4,19-12-8-6-9-13-19)20-14-10-7-11-15-20/h6-15H,16-17H2,1-5H3. The van der Waals surface area contributed by atoms with Crippen LogP contribution in [0.15, 0.2) is 60.7 Å². The summed E-state index contributed by atoms with van der Waals surface area (Å²) in [6.07, 6.45) is 0.864. The molecule has 0 aliphatic heterocycles. The fourth-order valence-electron chi connectivity index (χ4n) is 4.04. The Bertz CT molecular complexity index is 878. The van der Waals surface area contributed by atoms with E-state index in [1.165, 1.54) is 16.1 Å². The van der Waals surface area contributed by atoms with Crippen molar-refractivity contribution in [2.45, 2.75) is 39.2 Å². The maximum absolute atomic E-state index is 6.98. The summed E-state index contributed by atoms with van der Waals surface area (Å²) in [5.74, 6) is 0. The van der Waals surface area contributed by atoms with Crippen LogP contribution in [-0.2, 0) is 17.9 Å². The molecule has 0 aliphatic rings. The Labute approximate surface area is 183 Å². The van der Waals surface area contributed by atoms with Gasteiger partial charge in [0.2, 0.25) is 0 Å². The van der Waals surface area contributed by atoms with E-state index in [2.05, 4.69) is 128 Å². The highest BCUT2D eigenvalue weighted by Crippen LogP contribution is 2.36. The molecule has 0 bridgehead atoms. The number of halogens is 1. The van der Waals surface area contributed by atoms with Crippen molar-refractivity contribution in [2.24, 2.45) is 7.05 Å². The molecule has 0 N–H and O–H groups in total. The van der Waals surface area contributed by atoms with Crippen molar-refractivity contribution in [1.29, 1.82) is 0 Å². The number of hydrogen-bond donors (Lipinski definition) is 0. The van der Waals surface area contributed by atoms with Crippen molar-refractivity contribution in [1.82, 2.24) is 9.55 Å². The number of rotatable bonds is 6. The maximum atomic E-state index is 6.98. The molecule has 0 fully saturated rings. The molecule has 3 rings (SSSR count). The second kappa shape index (κ2) is 8.51. The Morgan fingerprint density at radius 1 is 0.964 bits per heavy atom. The Morgan fingerprint density at radius 2 is 1.46 bits per heavy atom. The molecule has 148 valence electrons. The zero-order chi connectivity index (χ0) is 20.4. The predicted octanol–water partition coefficient (Wildman–Crippen LogP) is 4.45. The third-order valence-electron chi connectivity index (χ3n) is 5.43. The SMILES string of the molecule is Cc1nc(I)n(C)c1CCO[Si](c1ccccc1)(c1ccccc1)C(C)(C)C. The lowest BCUT2D eigenvalue weighted by Gasteiger charge is -2.43. The minimum absolute atomic E-state index is 0.00559. The van der Waals surface area contributed by atoms with Gasteiger partial charge in [0.15, 0.2) is 3.83 Å².